The molecule has 0 unspecified atom stereocenters. The van der Waals surface area contributed by atoms with Gasteiger partial charge in [-0.15, -0.1) is 0 Å². The van der Waals surface area contributed by atoms with Crippen LogP contribution in [0.4, 0.5) is 10.5 Å². The van der Waals surface area contributed by atoms with Gasteiger partial charge in [0.25, 0.3) is 5.91 Å². The smallest absolute Gasteiger partial charge is 0.410 e. The molecule has 1 fully saturated rings. The second kappa shape index (κ2) is 11.3. The fourth-order valence-corrected chi connectivity index (χ4v) is 5.10. The molecule has 2 heterocycles. The molecular formula is C30H37ClN4O4. The summed E-state index contributed by atoms with van der Waals surface area (Å²) in [7, 11) is 1.54. The molecule has 9 heteroatoms. The van der Waals surface area contributed by atoms with Crippen LogP contribution in [0.5, 0.6) is 5.75 Å². The van der Waals surface area contributed by atoms with Crippen molar-refractivity contribution >= 4 is 29.3 Å². The number of benzene rings is 2. The lowest BCUT2D eigenvalue weighted by Gasteiger charge is -2.34. The number of rotatable bonds is 5. The number of halogens is 1. The van der Waals surface area contributed by atoms with E-state index in [0.29, 0.717) is 48.0 Å². The zero-order chi connectivity index (χ0) is 28.5. The number of nitrogens with one attached hydrogen (secondary N) is 1. The fourth-order valence-electron chi connectivity index (χ4n) is 4.94. The van der Waals surface area contributed by atoms with Crippen molar-refractivity contribution in [2.24, 2.45) is 0 Å². The maximum Gasteiger partial charge on any atom is 0.410 e. The van der Waals surface area contributed by atoms with Gasteiger partial charge >= 0.3 is 6.09 Å². The van der Waals surface area contributed by atoms with Crippen molar-refractivity contribution in [3.05, 3.63) is 69.5 Å². The van der Waals surface area contributed by atoms with Crippen LogP contribution < -0.4 is 10.1 Å². The number of amides is 2. The molecule has 1 saturated heterocycles. The number of methoxy groups -OCH3 is 1. The topological polar surface area (TPSA) is 85.7 Å². The van der Waals surface area contributed by atoms with Crippen LogP contribution >= 0.6 is 11.6 Å². The molecule has 1 N–H and O–H groups in total. The molecule has 0 saturated carbocycles. The average molecular weight is 553 g/mol. The minimum absolute atomic E-state index is 0.0153. The van der Waals surface area contributed by atoms with Gasteiger partial charge in [0.05, 0.1) is 35.9 Å². The number of carbonyl (C=O) groups is 2. The first-order valence-corrected chi connectivity index (χ1v) is 13.5. The van der Waals surface area contributed by atoms with Crippen LogP contribution in [0.15, 0.2) is 36.5 Å². The van der Waals surface area contributed by atoms with Crippen molar-refractivity contribution in [2.75, 3.05) is 25.5 Å². The Hall–Kier alpha value is -3.52. The van der Waals surface area contributed by atoms with Crippen LogP contribution in [-0.2, 0) is 4.74 Å². The Labute approximate surface area is 235 Å². The molecule has 1 aromatic heterocycles. The maximum atomic E-state index is 13.7. The third-order valence-corrected chi connectivity index (χ3v) is 7.30. The molecule has 2 amide bonds. The number of carbonyl (C=O) groups excluding carboxylic acids is 2. The maximum absolute atomic E-state index is 13.7. The Morgan fingerprint density at radius 3 is 2.36 bits per heavy atom. The number of hydrogen-bond acceptors (Lipinski definition) is 5. The highest BCUT2D eigenvalue weighted by Gasteiger charge is 2.32. The molecule has 0 atom stereocenters. The lowest BCUT2D eigenvalue weighted by molar-refractivity contribution is 0.0203. The summed E-state index contributed by atoms with van der Waals surface area (Å²) < 4.78 is 12.9. The van der Waals surface area contributed by atoms with E-state index in [1.54, 1.807) is 30.3 Å². The van der Waals surface area contributed by atoms with Crippen molar-refractivity contribution in [1.82, 2.24) is 14.7 Å². The summed E-state index contributed by atoms with van der Waals surface area (Å²) >= 11 is 6.27. The Bertz CT molecular complexity index is 1380. The Balaban J connectivity index is 1.68. The number of hydrogen-bond donors (Lipinski definition) is 1. The Kier molecular flexibility index (Phi) is 8.25. The summed E-state index contributed by atoms with van der Waals surface area (Å²) in [6, 6.07) is 9.67. The number of ether oxygens (including phenoxy) is 2. The summed E-state index contributed by atoms with van der Waals surface area (Å²) in [6.45, 7) is 12.6. The summed E-state index contributed by atoms with van der Waals surface area (Å²) in [4.78, 5) is 28.1. The summed E-state index contributed by atoms with van der Waals surface area (Å²) in [6.07, 6.45) is 2.67. The predicted molar refractivity (Wildman–Crippen MR) is 154 cm³/mol. The van der Waals surface area contributed by atoms with Gasteiger partial charge in [-0.3, -0.25) is 4.79 Å². The van der Waals surface area contributed by atoms with E-state index in [2.05, 4.69) is 16.5 Å². The third-order valence-electron chi connectivity index (χ3n) is 6.89. The highest BCUT2D eigenvalue weighted by atomic mass is 35.5. The molecule has 1 aliphatic heterocycles. The van der Waals surface area contributed by atoms with Crippen molar-refractivity contribution in [3.8, 4) is 11.4 Å². The van der Waals surface area contributed by atoms with Crippen molar-refractivity contribution < 1.29 is 19.1 Å². The van der Waals surface area contributed by atoms with E-state index >= 15 is 0 Å². The normalized spacial score (nSPS) is 14.3. The SMILES string of the molecule is COc1cc(Cl)c(C)cc1NC(=O)c1cnn(-c2ccc(C)cc2C)c1C1CCN(C(=O)OC(C)(C)C)CC1. The van der Waals surface area contributed by atoms with Crippen LogP contribution in [0, 0.1) is 20.8 Å². The lowest BCUT2D eigenvalue weighted by atomic mass is 9.90. The first-order valence-electron chi connectivity index (χ1n) is 13.2. The van der Waals surface area contributed by atoms with E-state index in [-0.39, 0.29) is 17.9 Å². The Morgan fingerprint density at radius 2 is 1.74 bits per heavy atom. The van der Waals surface area contributed by atoms with Crippen LogP contribution in [0.3, 0.4) is 0 Å². The minimum atomic E-state index is -0.554. The number of aromatic nitrogens is 2. The third kappa shape index (κ3) is 6.38. The molecule has 39 heavy (non-hydrogen) atoms. The van der Waals surface area contributed by atoms with E-state index in [9.17, 15) is 9.59 Å². The number of anilines is 1. The number of likely N-dealkylation sites (tertiary alicyclic amines) is 1. The molecule has 0 radical (unpaired) electrons. The first kappa shape index (κ1) is 28.5. The Morgan fingerprint density at radius 1 is 1.05 bits per heavy atom. The first-order chi connectivity index (χ1) is 18.4. The van der Waals surface area contributed by atoms with Crippen LogP contribution in [0.1, 0.15) is 72.3 Å². The van der Waals surface area contributed by atoms with Gasteiger partial charge in [-0.2, -0.15) is 5.10 Å². The molecule has 1 aliphatic rings. The van der Waals surface area contributed by atoms with E-state index in [1.165, 1.54) is 0 Å². The summed E-state index contributed by atoms with van der Waals surface area (Å²) in [5, 5.41) is 8.26. The van der Waals surface area contributed by atoms with Crippen LogP contribution in [0.2, 0.25) is 5.02 Å². The molecule has 0 bridgehead atoms. The molecular weight excluding hydrogens is 516 g/mol. The van der Waals surface area contributed by atoms with Gasteiger partial charge in [0, 0.05) is 30.1 Å². The highest BCUT2D eigenvalue weighted by Crippen LogP contribution is 2.35. The second-order valence-corrected chi connectivity index (χ2v) is 11.5. The van der Waals surface area contributed by atoms with Gasteiger partial charge in [-0.25, -0.2) is 9.48 Å². The highest BCUT2D eigenvalue weighted by molar-refractivity contribution is 6.31. The summed E-state index contributed by atoms with van der Waals surface area (Å²) in [5.74, 6) is 0.213. The fraction of sp³-hybridized carbons (Fsp3) is 0.433. The van der Waals surface area contributed by atoms with Gasteiger partial charge in [-0.1, -0.05) is 29.3 Å². The van der Waals surface area contributed by atoms with Crippen molar-refractivity contribution in [2.45, 2.75) is 65.9 Å². The standard InChI is InChI=1S/C30H37ClN4O4/c1-18-8-9-25(20(3)14-18)35-27(21-10-12-34(13-11-21)29(37)39-30(4,5)6)22(17-32-35)28(36)33-24-15-19(2)23(31)16-26(24)38-7/h8-9,14-17,21H,10-13H2,1-7H3,(H,33,36). The predicted octanol–water partition coefficient (Wildman–Crippen LogP) is 6.83. The van der Waals surface area contributed by atoms with Crippen LogP contribution in [-0.4, -0.2) is 52.5 Å². The molecule has 2 aromatic carbocycles. The van der Waals surface area contributed by atoms with E-state index < -0.39 is 5.60 Å². The van der Waals surface area contributed by atoms with Gasteiger partial charge < -0.3 is 19.7 Å². The molecule has 4 rings (SSSR count). The van der Waals surface area contributed by atoms with Gasteiger partial charge in [0.15, 0.2) is 0 Å². The quantitative estimate of drug-likeness (QED) is 0.375. The second-order valence-electron chi connectivity index (χ2n) is 11.1. The van der Waals surface area contributed by atoms with E-state index in [1.807, 2.05) is 58.4 Å². The minimum Gasteiger partial charge on any atom is -0.495 e. The van der Waals surface area contributed by atoms with Gasteiger partial charge in [0.2, 0.25) is 0 Å². The molecule has 0 spiro atoms. The van der Waals surface area contributed by atoms with Crippen molar-refractivity contribution in [3.63, 3.8) is 0 Å². The largest absolute Gasteiger partial charge is 0.495 e. The number of piperidine rings is 1. The molecule has 0 aliphatic carbocycles. The zero-order valence-corrected chi connectivity index (χ0v) is 24.5. The average Bonchev–Trinajstić information content (AvgIpc) is 3.30. The van der Waals surface area contributed by atoms with Gasteiger partial charge in [-0.05, 0) is 77.6 Å². The zero-order valence-electron chi connectivity index (χ0n) is 23.7. The van der Waals surface area contributed by atoms with E-state index in [0.717, 1.165) is 28.1 Å². The molecule has 8 nitrogen and oxygen atoms in total. The number of nitrogens with zero attached hydrogens (tertiary/aromatic N) is 3. The van der Waals surface area contributed by atoms with E-state index in [4.69, 9.17) is 21.1 Å². The van der Waals surface area contributed by atoms with Crippen molar-refractivity contribution in [1.29, 1.82) is 0 Å². The number of aryl methyl sites for hydroxylation is 3. The van der Waals surface area contributed by atoms with Crippen LogP contribution in [0.25, 0.3) is 5.69 Å². The summed E-state index contributed by atoms with van der Waals surface area (Å²) in [5.41, 5.74) is 5.26. The lowest BCUT2D eigenvalue weighted by Crippen LogP contribution is -2.41. The van der Waals surface area contributed by atoms with Gasteiger partial charge in [0.1, 0.15) is 11.4 Å². The molecule has 208 valence electrons. The molecule has 3 aromatic rings. The monoisotopic (exact) mass is 552 g/mol.